The van der Waals surface area contributed by atoms with E-state index in [1.165, 1.54) is 11.3 Å². The third-order valence-corrected chi connectivity index (χ3v) is 7.06. The summed E-state index contributed by atoms with van der Waals surface area (Å²) in [5.74, 6) is 2.65. The molecular weight excluding hydrogens is 539 g/mol. The Balaban J connectivity index is 1.20. The van der Waals surface area contributed by atoms with Gasteiger partial charge in [-0.3, -0.25) is 15.3 Å². The molecule has 15 heteroatoms. The molecule has 2 amide bonds. The van der Waals surface area contributed by atoms with Gasteiger partial charge in [-0.2, -0.15) is 14.8 Å². The second-order valence-electron chi connectivity index (χ2n) is 9.22. The van der Waals surface area contributed by atoms with Crippen LogP contribution >= 0.6 is 20.8 Å². The lowest BCUT2D eigenvalue weighted by Crippen LogP contribution is -2.45. The van der Waals surface area contributed by atoms with Gasteiger partial charge in [0, 0.05) is 62.9 Å². The van der Waals surface area contributed by atoms with Gasteiger partial charge in [-0.15, -0.1) is 5.10 Å². The summed E-state index contributed by atoms with van der Waals surface area (Å²) in [7, 11) is 2.71. The second-order valence-corrected chi connectivity index (χ2v) is 10.2. The monoisotopic (exact) mass is 568 g/mol. The summed E-state index contributed by atoms with van der Waals surface area (Å²) in [6, 6.07) is 2.52. The molecule has 1 saturated heterocycles. The molecular formula is C24H30ClN12OP. The first kappa shape index (κ1) is 27.0. The van der Waals surface area contributed by atoms with Crippen molar-refractivity contribution < 1.29 is 4.79 Å². The van der Waals surface area contributed by atoms with Crippen LogP contribution in [0.15, 0.2) is 34.6 Å². The predicted molar refractivity (Wildman–Crippen MR) is 153 cm³/mol. The summed E-state index contributed by atoms with van der Waals surface area (Å²) in [5, 5.41) is 17.6. The van der Waals surface area contributed by atoms with Gasteiger partial charge in [-0.25, -0.2) is 19.8 Å². The molecule has 1 fully saturated rings. The van der Waals surface area contributed by atoms with Crippen molar-refractivity contribution in [1.29, 1.82) is 0 Å². The van der Waals surface area contributed by atoms with E-state index in [1.54, 1.807) is 35.4 Å². The molecule has 0 bridgehead atoms. The Hall–Kier alpha value is -3.54. The minimum absolute atomic E-state index is 0.185. The lowest BCUT2D eigenvalue weighted by Gasteiger charge is -2.29. The largest absolute Gasteiger partial charge is 0.353 e. The number of anilines is 1. The Kier molecular flexibility index (Phi) is 8.39. The quantitative estimate of drug-likeness (QED) is 0.248. The topological polar surface area (TPSA) is 142 Å². The van der Waals surface area contributed by atoms with Crippen molar-refractivity contribution >= 4 is 50.5 Å². The number of piperazine rings is 1. The van der Waals surface area contributed by atoms with Gasteiger partial charge in [-0.05, 0) is 26.0 Å². The Morgan fingerprint density at radius 2 is 2.15 bits per heavy atom. The van der Waals surface area contributed by atoms with Gasteiger partial charge in [0.2, 0.25) is 0 Å². The van der Waals surface area contributed by atoms with Crippen molar-refractivity contribution in [2.75, 3.05) is 31.1 Å². The van der Waals surface area contributed by atoms with Crippen LogP contribution in [-0.2, 0) is 6.42 Å². The molecule has 5 rings (SSSR count). The molecule has 0 saturated carbocycles. The minimum Gasteiger partial charge on any atom is -0.353 e. The van der Waals surface area contributed by atoms with Crippen LogP contribution in [-0.4, -0.2) is 85.5 Å². The number of nitrogens with zero attached hydrogens (tertiary/aromatic N) is 10. The molecule has 0 spiro atoms. The van der Waals surface area contributed by atoms with Gasteiger partial charge in [0.1, 0.15) is 17.7 Å². The average Bonchev–Trinajstić information content (AvgIpc) is 3.56. The van der Waals surface area contributed by atoms with Crippen molar-refractivity contribution in [3.8, 4) is 5.95 Å². The molecule has 0 radical (unpaired) electrons. The van der Waals surface area contributed by atoms with Crippen molar-refractivity contribution in [2.24, 2.45) is 10.1 Å². The van der Waals surface area contributed by atoms with E-state index in [0.717, 1.165) is 37.3 Å². The second kappa shape index (κ2) is 12.1. The van der Waals surface area contributed by atoms with Gasteiger partial charge in [0.15, 0.2) is 5.82 Å². The van der Waals surface area contributed by atoms with Crippen molar-refractivity contribution in [3.05, 3.63) is 46.9 Å². The smallest absolute Gasteiger partial charge is 0.343 e. The van der Waals surface area contributed by atoms with E-state index in [1.807, 2.05) is 13.8 Å². The number of pyridine rings is 1. The van der Waals surface area contributed by atoms with Crippen LogP contribution in [0.2, 0.25) is 5.02 Å². The minimum atomic E-state index is -0.417. The Bertz CT molecular complexity index is 1390. The van der Waals surface area contributed by atoms with Crippen molar-refractivity contribution in [3.63, 3.8) is 0 Å². The maximum atomic E-state index is 12.7. The normalized spacial score (nSPS) is 18.2. The zero-order valence-electron chi connectivity index (χ0n) is 21.7. The molecule has 3 atom stereocenters. The summed E-state index contributed by atoms with van der Waals surface area (Å²) >= 11 is 6.27. The zero-order valence-corrected chi connectivity index (χ0v) is 23.6. The van der Waals surface area contributed by atoms with E-state index in [-0.39, 0.29) is 12.1 Å². The molecule has 2 N–H and O–H groups in total. The third-order valence-electron chi connectivity index (χ3n) is 6.34. The average molecular weight is 569 g/mol. The summed E-state index contributed by atoms with van der Waals surface area (Å²) in [5.41, 5.74) is 0.602. The molecule has 0 aromatic carbocycles. The molecule has 204 valence electrons. The highest BCUT2D eigenvalue weighted by Crippen LogP contribution is 2.31. The number of hydrazone groups is 1. The van der Waals surface area contributed by atoms with Gasteiger partial charge < -0.3 is 10.2 Å². The van der Waals surface area contributed by atoms with E-state index in [9.17, 15) is 4.79 Å². The number of nitrogens with one attached hydrogen (secondary N) is 2. The number of carbonyl (C=O) groups is 1. The number of aryl methyl sites for hydroxylation is 1. The Morgan fingerprint density at radius 3 is 2.95 bits per heavy atom. The number of amides is 2. The molecule has 3 unspecified atom stereocenters. The van der Waals surface area contributed by atoms with E-state index in [0.29, 0.717) is 41.2 Å². The Morgan fingerprint density at radius 1 is 1.33 bits per heavy atom. The van der Waals surface area contributed by atoms with Gasteiger partial charge in [-0.1, -0.05) is 20.8 Å². The highest BCUT2D eigenvalue weighted by atomic mass is 35.5. The standard InChI is InChI=1S/C24H30ClN12OP/c1-15(29-14-30-24(38)37-18(5-7-31-37)21-17(25)4-3-6-27-21)12-20-32-16(2)36(34-20)23-28-13-19(39)22(33-23)35-10-8-26-9-11-35/h3-4,6-7,13-15,18,26H,5,8-12,39H2,1-2H3,(H,29,30,38). The van der Waals surface area contributed by atoms with Gasteiger partial charge >= 0.3 is 6.03 Å². The number of hydrogen-bond donors (Lipinski definition) is 2. The van der Waals surface area contributed by atoms with E-state index >= 15 is 0 Å². The number of urea groups is 1. The third kappa shape index (κ3) is 6.21. The zero-order chi connectivity index (χ0) is 27.4. The number of aliphatic imine (C=N–C) groups is 1. The van der Waals surface area contributed by atoms with Crippen LogP contribution in [0.4, 0.5) is 10.6 Å². The lowest BCUT2D eigenvalue weighted by molar-refractivity contribution is 0.190. The van der Waals surface area contributed by atoms with Crippen molar-refractivity contribution in [2.45, 2.75) is 38.8 Å². The van der Waals surface area contributed by atoms with Crippen LogP contribution in [0.1, 0.15) is 36.7 Å². The summed E-state index contributed by atoms with van der Waals surface area (Å²) in [6.07, 6.45) is 7.49. The fourth-order valence-electron chi connectivity index (χ4n) is 4.41. The van der Waals surface area contributed by atoms with Crippen LogP contribution in [0.5, 0.6) is 0 Å². The molecule has 0 aliphatic carbocycles. The van der Waals surface area contributed by atoms with Crippen molar-refractivity contribution in [1.82, 2.24) is 45.4 Å². The van der Waals surface area contributed by atoms with E-state index in [4.69, 9.17) is 16.6 Å². The molecule has 5 heterocycles. The summed E-state index contributed by atoms with van der Waals surface area (Å²) in [4.78, 5) is 37.6. The van der Waals surface area contributed by atoms with Crippen LogP contribution in [0.3, 0.4) is 0 Å². The highest BCUT2D eigenvalue weighted by Gasteiger charge is 2.30. The maximum absolute atomic E-state index is 12.7. The number of halogens is 1. The van der Waals surface area contributed by atoms with E-state index < -0.39 is 6.03 Å². The first-order valence-corrected chi connectivity index (χ1v) is 13.6. The number of rotatable bonds is 7. The maximum Gasteiger partial charge on any atom is 0.343 e. The lowest BCUT2D eigenvalue weighted by atomic mass is 10.1. The van der Waals surface area contributed by atoms with Gasteiger partial charge in [0.05, 0.1) is 23.1 Å². The van der Waals surface area contributed by atoms with Crippen LogP contribution < -0.4 is 20.8 Å². The predicted octanol–water partition coefficient (Wildman–Crippen LogP) is 1.43. The molecule has 13 nitrogen and oxygen atoms in total. The number of carbonyl (C=O) groups excluding carboxylic acids is 1. The van der Waals surface area contributed by atoms with Crippen LogP contribution in [0, 0.1) is 6.92 Å². The highest BCUT2D eigenvalue weighted by molar-refractivity contribution is 7.28. The molecule has 2 aliphatic rings. The van der Waals surface area contributed by atoms with E-state index in [2.05, 4.69) is 54.9 Å². The molecule has 39 heavy (non-hydrogen) atoms. The number of aromatic nitrogens is 6. The van der Waals surface area contributed by atoms with Gasteiger partial charge in [0.25, 0.3) is 5.95 Å². The number of hydrogen-bond acceptors (Lipinski definition) is 10. The fraction of sp³-hybridized carbons (Fsp3) is 0.417. The van der Waals surface area contributed by atoms with Crippen LogP contribution in [0.25, 0.3) is 5.95 Å². The first-order valence-electron chi connectivity index (χ1n) is 12.7. The molecule has 2 aliphatic heterocycles. The summed E-state index contributed by atoms with van der Waals surface area (Å²) < 4.78 is 1.65. The molecule has 3 aromatic rings. The summed E-state index contributed by atoms with van der Waals surface area (Å²) in [6.45, 7) is 7.39. The SMILES string of the molecule is Cc1nc(CC(C)N=CNC(=O)N2N=CCC2c2ncccc2Cl)nn1-c1ncc(P)c(N2CCNCC2)n1. The fourth-order valence-corrected chi connectivity index (χ4v) is 4.98. The first-order chi connectivity index (χ1) is 18.9. The Labute approximate surface area is 233 Å². The molecule has 3 aromatic heterocycles.